The van der Waals surface area contributed by atoms with E-state index in [1.54, 1.807) is 0 Å². The van der Waals surface area contributed by atoms with Crippen molar-refractivity contribution in [3.8, 4) is 17.2 Å². The molecule has 3 fully saturated rings. The summed E-state index contributed by atoms with van der Waals surface area (Å²) >= 11 is 6.92. The van der Waals surface area contributed by atoms with Crippen LogP contribution in [0.5, 0.6) is 0 Å². The van der Waals surface area contributed by atoms with E-state index in [1.165, 1.54) is 17.0 Å². The Balaban J connectivity index is 0.992. The molecule has 0 spiro atoms. The first-order valence-electron chi connectivity index (χ1n) is 19.0. The van der Waals surface area contributed by atoms with E-state index in [4.69, 9.17) is 16.1 Å². The fourth-order valence-electron chi connectivity index (χ4n) is 8.56. The Morgan fingerprint density at radius 2 is 1.85 bits per heavy atom. The van der Waals surface area contributed by atoms with Crippen LogP contribution in [0.3, 0.4) is 0 Å². The molecule has 1 N–H and O–H groups in total. The highest BCUT2D eigenvalue weighted by Gasteiger charge is 2.46. The molecular weight excluding hydrogens is 719 g/mol. The summed E-state index contributed by atoms with van der Waals surface area (Å²) in [4.78, 5) is 45.7. The first-order chi connectivity index (χ1) is 26.4. The summed E-state index contributed by atoms with van der Waals surface area (Å²) in [6.07, 6.45) is 7.47. The van der Waals surface area contributed by atoms with Crippen LogP contribution in [0.4, 0.5) is 21.5 Å². The Bertz CT molecular complexity index is 2280. The summed E-state index contributed by atoms with van der Waals surface area (Å²) < 4.78 is 20.8. The minimum atomic E-state index is -0.761. The third-order valence-electron chi connectivity index (χ3n) is 11.9. The zero-order chi connectivity index (χ0) is 38.6. The van der Waals surface area contributed by atoms with E-state index in [9.17, 15) is 19.6 Å². The fraction of sp³-hybridized carbons (Fsp3) is 0.395. The lowest BCUT2D eigenvalue weighted by Crippen LogP contribution is -2.52. The summed E-state index contributed by atoms with van der Waals surface area (Å²) in [6, 6.07) is 17.0. The highest BCUT2D eigenvalue weighted by Crippen LogP contribution is 2.51. The number of imide groups is 1. The normalized spacial score (nSPS) is 21.8. The zero-order valence-electron chi connectivity index (χ0n) is 31.1. The number of piperidine rings is 1. The molecule has 2 aliphatic carbocycles. The predicted octanol–water partition coefficient (Wildman–Crippen LogP) is 8.72. The van der Waals surface area contributed by atoms with Crippen LogP contribution in [-0.2, 0) is 21.5 Å². The van der Waals surface area contributed by atoms with E-state index in [1.807, 2.05) is 32.2 Å². The van der Waals surface area contributed by atoms with Gasteiger partial charge in [-0.25, -0.2) is 4.39 Å². The molecule has 2 saturated carbocycles. The Morgan fingerprint density at radius 1 is 1.07 bits per heavy atom. The Hall–Kier alpha value is -5.34. The number of anilines is 2. The number of nitrogens with zero attached hydrogens (tertiary/aromatic N) is 5. The quantitative estimate of drug-likeness (QED) is 0.133. The number of hydrogen-bond donors (Lipinski definition) is 1. The van der Waals surface area contributed by atoms with Crippen molar-refractivity contribution in [3.63, 3.8) is 0 Å². The Labute approximate surface area is 324 Å². The minimum absolute atomic E-state index is 0.101. The SMILES string of the molecule is Cc1ccc(-c2c(C)noc2C)cc1N(CC1CCC(C=Nc2cc3c(cc2F)CN(C2CCC(=O)NC2=O)C3=O)CC1)c1ccc(C2(C#N)CC2)c(Cl)c1. The molecule has 1 atom stereocenters. The number of nitrogens with one attached hydrogen (secondary N) is 1. The molecule has 55 heavy (non-hydrogen) atoms. The maximum atomic E-state index is 15.3. The summed E-state index contributed by atoms with van der Waals surface area (Å²) in [5, 5.41) is 17.0. The molecule has 3 amide bonds. The third kappa shape index (κ3) is 6.93. The number of aliphatic imine (C=N–C) groups is 1. The molecule has 10 nitrogen and oxygen atoms in total. The second kappa shape index (κ2) is 14.4. The molecule has 1 saturated heterocycles. The van der Waals surface area contributed by atoms with Crippen molar-refractivity contribution in [1.82, 2.24) is 15.4 Å². The smallest absolute Gasteiger partial charge is 0.255 e. The van der Waals surface area contributed by atoms with Gasteiger partial charge in [0.1, 0.15) is 17.6 Å². The van der Waals surface area contributed by atoms with Crippen LogP contribution in [-0.4, -0.2) is 46.6 Å². The van der Waals surface area contributed by atoms with Gasteiger partial charge in [0.15, 0.2) is 0 Å². The second-order valence-corrected chi connectivity index (χ2v) is 16.0. The van der Waals surface area contributed by atoms with Crippen LogP contribution in [0.2, 0.25) is 5.02 Å². The van der Waals surface area contributed by atoms with Crippen LogP contribution < -0.4 is 10.2 Å². The number of amides is 3. The molecule has 3 aromatic carbocycles. The monoisotopic (exact) mass is 760 g/mol. The van der Waals surface area contributed by atoms with Gasteiger partial charge >= 0.3 is 0 Å². The third-order valence-corrected chi connectivity index (χ3v) is 12.2. The molecule has 4 aromatic rings. The second-order valence-electron chi connectivity index (χ2n) is 15.6. The molecule has 4 aliphatic rings. The lowest BCUT2D eigenvalue weighted by atomic mass is 9.82. The van der Waals surface area contributed by atoms with Crippen LogP contribution in [0.1, 0.15) is 89.9 Å². The molecule has 0 radical (unpaired) electrons. The zero-order valence-corrected chi connectivity index (χ0v) is 31.9. The van der Waals surface area contributed by atoms with E-state index in [0.29, 0.717) is 22.1 Å². The van der Waals surface area contributed by atoms with E-state index >= 15 is 4.39 Å². The number of fused-ring (bicyclic) bond motifs is 1. The largest absolute Gasteiger partial charge is 0.361 e. The van der Waals surface area contributed by atoms with Crippen molar-refractivity contribution >= 4 is 52.6 Å². The molecule has 3 heterocycles. The molecule has 12 heteroatoms. The molecule has 2 aliphatic heterocycles. The van der Waals surface area contributed by atoms with Gasteiger partial charge in [0.25, 0.3) is 5.91 Å². The van der Waals surface area contributed by atoms with Gasteiger partial charge in [-0.05, 0) is 130 Å². The van der Waals surface area contributed by atoms with Gasteiger partial charge in [-0.15, -0.1) is 0 Å². The van der Waals surface area contributed by atoms with Gasteiger partial charge in [-0.1, -0.05) is 35.0 Å². The van der Waals surface area contributed by atoms with Crippen LogP contribution in [0, 0.1) is 49.8 Å². The number of aryl methyl sites for hydroxylation is 3. The lowest BCUT2D eigenvalue weighted by Gasteiger charge is -2.34. The van der Waals surface area contributed by atoms with E-state index < -0.39 is 23.2 Å². The average Bonchev–Trinajstić information content (AvgIpc) is 3.81. The number of halogens is 2. The molecule has 0 bridgehead atoms. The predicted molar refractivity (Wildman–Crippen MR) is 207 cm³/mol. The number of carbonyl (C=O) groups is 3. The maximum Gasteiger partial charge on any atom is 0.255 e. The van der Waals surface area contributed by atoms with Crippen molar-refractivity contribution < 1.29 is 23.3 Å². The highest BCUT2D eigenvalue weighted by atomic mass is 35.5. The average molecular weight is 761 g/mol. The lowest BCUT2D eigenvalue weighted by molar-refractivity contribution is -0.136. The molecule has 282 valence electrons. The van der Waals surface area contributed by atoms with Crippen molar-refractivity contribution in [3.05, 3.63) is 93.1 Å². The van der Waals surface area contributed by atoms with Crippen LogP contribution in [0.25, 0.3) is 11.1 Å². The van der Waals surface area contributed by atoms with Gasteiger partial charge in [0.05, 0.1) is 22.9 Å². The molecular formula is C43H42ClFN6O4. The number of benzene rings is 3. The number of carbonyl (C=O) groups excluding carboxylic acids is 3. The minimum Gasteiger partial charge on any atom is -0.361 e. The standard InChI is InChI=1S/C43H42ClFN6O4/c1-24-4-9-29(40-25(2)49-55-26(40)3)17-38(24)50(31-10-11-33(34(44)18-31)43(23-46)14-15-43)21-28-7-5-27(6-8-28)20-47-36-19-32-30(16-35(36)45)22-51(42(32)54)37-12-13-39(52)48-41(37)53/h4,9-11,16-20,27-28,37H,5-8,12-15,21-22H2,1-3H3,(H,48,52,53). The van der Waals surface area contributed by atoms with Crippen molar-refractivity contribution in [2.75, 3.05) is 11.4 Å². The van der Waals surface area contributed by atoms with Gasteiger partial charge in [0.2, 0.25) is 11.8 Å². The van der Waals surface area contributed by atoms with Crippen LogP contribution in [0.15, 0.2) is 58.0 Å². The van der Waals surface area contributed by atoms with Crippen LogP contribution >= 0.6 is 11.6 Å². The van der Waals surface area contributed by atoms with Gasteiger partial charge in [-0.2, -0.15) is 5.26 Å². The molecule has 1 unspecified atom stereocenters. The first-order valence-corrected chi connectivity index (χ1v) is 19.4. The summed E-state index contributed by atoms with van der Waals surface area (Å²) in [5.41, 5.74) is 7.31. The van der Waals surface area contributed by atoms with E-state index in [0.717, 1.165) is 90.2 Å². The maximum absolute atomic E-state index is 15.3. The molecule has 1 aromatic heterocycles. The van der Waals surface area contributed by atoms with Crippen molar-refractivity contribution in [1.29, 1.82) is 5.26 Å². The first kappa shape index (κ1) is 36.6. The fourth-order valence-corrected chi connectivity index (χ4v) is 8.91. The Morgan fingerprint density at radius 3 is 2.53 bits per heavy atom. The van der Waals surface area contributed by atoms with E-state index in [-0.39, 0.29) is 42.8 Å². The summed E-state index contributed by atoms with van der Waals surface area (Å²) in [6.45, 7) is 6.84. The van der Waals surface area contributed by atoms with E-state index in [2.05, 4.69) is 57.6 Å². The number of nitriles is 1. The summed E-state index contributed by atoms with van der Waals surface area (Å²) in [7, 11) is 0. The Kier molecular flexibility index (Phi) is 9.58. The van der Waals surface area contributed by atoms with Crippen molar-refractivity contribution in [2.24, 2.45) is 16.8 Å². The molecule has 8 rings (SSSR count). The number of rotatable bonds is 9. The summed E-state index contributed by atoms with van der Waals surface area (Å²) in [5.74, 6) is -0.464. The van der Waals surface area contributed by atoms with Crippen molar-refractivity contribution in [2.45, 2.75) is 90.1 Å². The van der Waals surface area contributed by atoms with Gasteiger partial charge in [-0.3, -0.25) is 24.7 Å². The number of aromatic nitrogens is 1. The number of hydrogen-bond acceptors (Lipinski definition) is 8. The van der Waals surface area contributed by atoms with Gasteiger partial charge < -0.3 is 14.3 Å². The highest BCUT2D eigenvalue weighted by molar-refractivity contribution is 6.32. The van der Waals surface area contributed by atoms with Gasteiger partial charge in [0, 0.05) is 53.2 Å². The topological polar surface area (TPSA) is 132 Å².